The Labute approximate surface area is 159 Å². The number of halogens is 1. The van der Waals surface area contributed by atoms with Crippen LogP contribution in [0.4, 0.5) is 5.69 Å². The fourth-order valence-electron chi connectivity index (χ4n) is 2.04. The number of anilines is 1. The SMILES string of the molecule is C[C@H](Sc1nnc(-c2ccc(Cl)cc2)o1)C(=O)Nc1ccc(C#N)cc1. The van der Waals surface area contributed by atoms with Gasteiger partial charge < -0.3 is 9.73 Å². The van der Waals surface area contributed by atoms with E-state index in [9.17, 15) is 4.79 Å². The summed E-state index contributed by atoms with van der Waals surface area (Å²) in [6, 6.07) is 15.7. The largest absolute Gasteiger partial charge is 0.411 e. The van der Waals surface area contributed by atoms with Gasteiger partial charge in [-0.05, 0) is 55.5 Å². The third-order valence-electron chi connectivity index (χ3n) is 3.43. The highest BCUT2D eigenvalue weighted by atomic mass is 35.5. The van der Waals surface area contributed by atoms with Crippen LogP contribution in [0.15, 0.2) is 58.2 Å². The van der Waals surface area contributed by atoms with Crippen LogP contribution in [0.25, 0.3) is 11.5 Å². The van der Waals surface area contributed by atoms with Crippen LogP contribution >= 0.6 is 23.4 Å². The molecule has 6 nitrogen and oxygen atoms in total. The van der Waals surface area contributed by atoms with Crippen LogP contribution in [0.3, 0.4) is 0 Å². The second-order valence-corrected chi connectivity index (χ2v) is 7.05. The highest BCUT2D eigenvalue weighted by Gasteiger charge is 2.19. The molecule has 0 aliphatic heterocycles. The van der Waals surface area contributed by atoms with E-state index in [1.54, 1.807) is 55.5 Å². The van der Waals surface area contributed by atoms with Crippen LogP contribution in [0.5, 0.6) is 0 Å². The molecular weight excluding hydrogens is 372 g/mol. The van der Waals surface area contributed by atoms with Gasteiger partial charge in [0.25, 0.3) is 5.22 Å². The Morgan fingerprint density at radius 2 is 1.88 bits per heavy atom. The fraction of sp³-hybridized carbons (Fsp3) is 0.111. The molecule has 1 atom stereocenters. The predicted molar refractivity (Wildman–Crippen MR) is 99.8 cm³/mol. The molecule has 1 N–H and O–H groups in total. The van der Waals surface area contributed by atoms with Crippen molar-refractivity contribution in [3.8, 4) is 17.5 Å². The summed E-state index contributed by atoms with van der Waals surface area (Å²) in [4.78, 5) is 12.3. The minimum Gasteiger partial charge on any atom is -0.411 e. The van der Waals surface area contributed by atoms with E-state index in [2.05, 4.69) is 15.5 Å². The van der Waals surface area contributed by atoms with Crippen molar-refractivity contribution in [1.29, 1.82) is 5.26 Å². The van der Waals surface area contributed by atoms with Crippen LogP contribution in [0.2, 0.25) is 5.02 Å². The van der Waals surface area contributed by atoms with Gasteiger partial charge in [-0.3, -0.25) is 4.79 Å². The highest BCUT2D eigenvalue weighted by molar-refractivity contribution is 8.00. The van der Waals surface area contributed by atoms with Crippen LogP contribution in [-0.2, 0) is 4.79 Å². The maximum absolute atomic E-state index is 12.3. The number of thioether (sulfide) groups is 1. The van der Waals surface area contributed by atoms with Crippen LogP contribution in [-0.4, -0.2) is 21.4 Å². The molecule has 8 heteroatoms. The number of aromatic nitrogens is 2. The quantitative estimate of drug-likeness (QED) is 0.656. The van der Waals surface area contributed by atoms with Gasteiger partial charge >= 0.3 is 0 Å². The number of amides is 1. The molecule has 0 aliphatic carbocycles. The second-order valence-electron chi connectivity index (χ2n) is 5.32. The maximum Gasteiger partial charge on any atom is 0.277 e. The van der Waals surface area contributed by atoms with Crippen molar-refractivity contribution in [2.24, 2.45) is 0 Å². The van der Waals surface area contributed by atoms with E-state index in [1.165, 1.54) is 11.8 Å². The van der Waals surface area contributed by atoms with Crippen molar-refractivity contribution in [2.75, 3.05) is 5.32 Å². The molecule has 0 radical (unpaired) electrons. The number of nitrogens with one attached hydrogen (secondary N) is 1. The number of hydrogen-bond acceptors (Lipinski definition) is 6. The summed E-state index contributed by atoms with van der Waals surface area (Å²) in [7, 11) is 0. The lowest BCUT2D eigenvalue weighted by molar-refractivity contribution is -0.115. The molecule has 0 unspecified atom stereocenters. The summed E-state index contributed by atoms with van der Waals surface area (Å²) in [5.74, 6) is 0.162. The van der Waals surface area contributed by atoms with E-state index in [0.29, 0.717) is 27.4 Å². The van der Waals surface area contributed by atoms with Gasteiger partial charge in [0.2, 0.25) is 11.8 Å². The first-order chi connectivity index (χ1) is 12.5. The van der Waals surface area contributed by atoms with Crippen molar-refractivity contribution in [3.05, 3.63) is 59.1 Å². The van der Waals surface area contributed by atoms with Crippen LogP contribution in [0.1, 0.15) is 12.5 Å². The van der Waals surface area contributed by atoms with Gasteiger partial charge in [-0.1, -0.05) is 23.4 Å². The number of rotatable bonds is 5. The second kappa shape index (κ2) is 8.04. The minimum absolute atomic E-state index is 0.203. The van der Waals surface area contributed by atoms with E-state index in [-0.39, 0.29) is 5.91 Å². The average Bonchev–Trinajstić information content (AvgIpc) is 3.11. The van der Waals surface area contributed by atoms with Gasteiger partial charge in [0.05, 0.1) is 16.9 Å². The monoisotopic (exact) mass is 384 g/mol. The standard InChI is InChI=1S/C18H13ClN4O2S/c1-11(16(24)21-15-8-2-12(10-20)3-9-15)26-18-23-22-17(25-18)13-4-6-14(19)7-5-13/h2-9,11H,1H3,(H,21,24)/t11-/m0/s1. The molecule has 26 heavy (non-hydrogen) atoms. The molecule has 130 valence electrons. The number of carbonyl (C=O) groups is 1. The lowest BCUT2D eigenvalue weighted by atomic mass is 10.2. The molecule has 1 amide bonds. The minimum atomic E-state index is -0.441. The molecule has 2 aromatic carbocycles. The molecular formula is C18H13ClN4O2S. The topological polar surface area (TPSA) is 91.8 Å². The maximum atomic E-state index is 12.3. The molecule has 0 fully saturated rings. The van der Waals surface area contributed by atoms with Crippen molar-refractivity contribution in [3.63, 3.8) is 0 Å². The van der Waals surface area contributed by atoms with Gasteiger partial charge in [0, 0.05) is 16.3 Å². The first-order valence-corrected chi connectivity index (χ1v) is 8.88. The fourth-order valence-corrected chi connectivity index (χ4v) is 2.85. The molecule has 0 spiro atoms. The zero-order valence-corrected chi connectivity index (χ0v) is 15.2. The van der Waals surface area contributed by atoms with E-state index in [4.69, 9.17) is 21.3 Å². The Bertz CT molecular complexity index is 949. The Morgan fingerprint density at radius 3 is 2.54 bits per heavy atom. The van der Waals surface area contributed by atoms with Gasteiger partial charge in [0.1, 0.15) is 0 Å². The van der Waals surface area contributed by atoms with E-state index < -0.39 is 5.25 Å². The molecule has 1 aromatic heterocycles. The number of carbonyl (C=O) groups excluding carboxylic acids is 1. The van der Waals surface area contributed by atoms with E-state index in [1.807, 2.05) is 6.07 Å². The van der Waals surface area contributed by atoms with Gasteiger partial charge in [-0.2, -0.15) is 5.26 Å². The molecule has 1 heterocycles. The average molecular weight is 385 g/mol. The first-order valence-electron chi connectivity index (χ1n) is 7.62. The summed E-state index contributed by atoms with van der Waals surface area (Å²) in [5.41, 5.74) is 1.91. The van der Waals surface area contributed by atoms with E-state index >= 15 is 0 Å². The molecule has 3 rings (SSSR count). The Kier molecular flexibility index (Phi) is 5.56. The molecule has 0 saturated carbocycles. The summed E-state index contributed by atoms with van der Waals surface area (Å²) < 4.78 is 5.59. The number of hydrogen-bond donors (Lipinski definition) is 1. The number of benzene rings is 2. The molecule has 0 aliphatic rings. The Hall–Kier alpha value is -2.82. The summed E-state index contributed by atoms with van der Waals surface area (Å²) in [6.45, 7) is 1.75. The number of nitriles is 1. The van der Waals surface area contributed by atoms with Crippen molar-refractivity contribution in [2.45, 2.75) is 17.4 Å². The summed E-state index contributed by atoms with van der Waals surface area (Å²) >= 11 is 7.03. The summed E-state index contributed by atoms with van der Waals surface area (Å²) in [5, 5.41) is 20.0. The van der Waals surface area contributed by atoms with Crippen LogP contribution < -0.4 is 5.32 Å². The van der Waals surface area contributed by atoms with E-state index in [0.717, 1.165) is 5.56 Å². The van der Waals surface area contributed by atoms with Crippen LogP contribution in [0, 0.1) is 11.3 Å². The third-order valence-corrected chi connectivity index (χ3v) is 4.61. The summed E-state index contributed by atoms with van der Waals surface area (Å²) in [6.07, 6.45) is 0. The Balaban J connectivity index is 1.62. The number of nitrogens with zero attached hydrogens (tertiary/aromatic N) is 3. The van der Waals surface area contributed by atoms with Gasteiger partial charge in [0.15, 0.2) is 0 Å². The predicted octanol–water partition coefficient (Wildman–Crippen LogP) is 4.38. The molecule has 3 aromatic rings. The zero-order valence-electron chi connectivity index (χ0n) is 13.6. The normalized spacial score (nSPS) is 11.6. The van der Waals surface area contributed by atoms with Gasteiger partial charge in [-0.15, -0.1) is 10.2 Å². The smallest absolute Gasteiger partial charge is 0.277 e. The Morgan fingerprint density at radius 1 is 1.19 bits per heavy atom. The third kappa shape index (κ3) is 4.42. The lowest BCUT2D eigenvalue weighted by Crippen LogP contribution is -2.22. The molecule has 0 bridgehead atoms. The zero-order chi connectivity index (χ0) is 18.5. The van der Waals surface area contributed by atoms with Crippen molar-refractivity contribution >= 4 is 35.0 Å². The first kappa shape index (κ1) is 18.0. The molecule has 0 saturated heterocycles. The lowest BCUT2D eigenvalue weighted by Gasteiger charge is -2.09. The van der Waals surface area contributed by atoms with Crippen molar-refractivity contribution in [1.82, 2.24) is 10.2 Å². The van der Waals surface area contributed by atoms with Crippen molar-refractivity contribution < 1.29 is 9.21 Å². The highest BCUT2D eigenvalue weighted by Crippen LogP contribution is 2.27. The van der Waals surface area contributed by atoms with Gasteiger partial charge in [-0.25, -0.2) is 0 Å².